The van der Waals surface area contributed by atoms with E-state index in [0.717, 1.165) is 41.6 Å². The lowest BCUT2D eigenvalue weighted by molar-refractivity contribution is -0.131. The molecular weight excluding hydrogens is 469 g/mol. The van der Waals surface area contributed by atoms with Crippen molar-refractivity contribution in [3.8, 4) is 11.3 Å². The molecule has 2 aromatic carbocycles. The molecular formula is C27H29Cl2N3O2. The Kier molecular flexibility index (Phi) is 6.21. The molecule has 0 unspecified atom stereocenters. The van der Waals surface area contributed by atoms with E-state index in [1.807, 2.05) is 37.5 Å². The van der Waals surface area contributed by atoms with Crippen molar-refractivity contribution in [3.05, 3.63) is 75.9 Å². The summed E-state index contributed by atoms with van der Waals surface area (Å²) >= 11 is 13.1. The Balaban J connectivity index is 1.61. The van der Waals surface area contributed by atoms with Crippen LogP contribution in [0.15, 0.2) is 54.7 Å². The van der Waals surface area contributed by atoms with Crippen molar-refractivity contribution < 1.29 is 9.90 Å². The topological polar surface area (TPSA) is 67.2 Å². The largest absolute Gasteiger partial charge is 0.394 e. The van der Waals surface area contributed by atoms with Gasteiger partial charge in [0.15, 0.2) is 0 Å². The minimum Gasteiger partial charge on any atom is -0.394 e. The molecule has 1 saturated carbocycles. The van der Waals surface area contributed by atoms with Crippen LogP contribution in [0.1, 0.15) is 49.1 Å². The van der Waals surface area contributed by atoms with E-state index in [1.54, 1.807) is 4.68 Å². The van der Waals surface area contributed by atoms with Gasteiger partial charge in [0.05, 0.1) is 23.8 Å². The van der Waals surface area contributed by atoms with E-state index in [-0.39, 0.29) is 36.3 Å². The summed E-state index contributed by atoms with van der Waals surface area (Å²) in [4.78, 5) is 13.2. The summed E-state index contributed by atoms with van der Waals surface area (Å²) < 4.78 is 1.78. The number of amides is 1. The zero-order valence-electron chi connectivity index (χ0n) is 19.3. The van der Waals surface area contributed by atoms with Crippen LogP contribution in [0.4, 0.5) is 0 Å². The van der Waals surface area contributed by atoms with E-state index >= 15 is 0 Å². The first-order valence-corrected chi connectivity index (χ1v) is 12.6. The van der Waals surface area contributed by atoms with Crippen LogP contribution in [0, 0.1) is 11.3 Å². The minimum atomic E-state index is -0.491. The van der Waals surface area contributed by atoms with Crippen LogP contribution in [0.2, 0.25) is 10.0 Å². The Morgan fingerprint density at radius 2 is 1.94 bits per heavy atom. The minimum absolute atomic E-state index is 0.0141. The highest BCUT2D eigenvalue weighted by atomic mass is 35.5. The van der Waals surface area contributed by atoms with Crippen LogP contribution in [0.3, 0.4) is 0 Å². The van der Waals surface area contributed by atoms with Gasteiger partial charge in [-0.3, -0.25) is 9.48 Å². The van der Waals surface area contributed by atoms with Gasteiger partial charge >= 0.3 is 0 Å². The zero-order valence-corrected chi connectivity index (χ0v) is 20.9. The molecule has 0 bridgehead atoms. The molecule has 2 heterocycles. The van der Waals surface area contributed by atoms with Gasteiger partial charge in [0.2, 0.25) is 5.91 Å². The van der Waals surface area contributed by atoms with Crippen molar-refractivity contribution in [1.29, 1.82) is 0 Å². The number of aromatic nitrogens is 2. The maximum atomic E-state index is 13.2. The van der Waals surface area contributed by atoms with Crippen LogP contribution in [0.5, 0.6) is 0 Å². The number of aliphatic hydroxyl groups is 1. The summed E-state index contributed by atoms with van der Waals surface area (Å²) in [6, 6.07) is 15.8. The fraction of sp³-hybridized carbons (Fsp3) is 0.407. The maximum Gasteiger partial charge on any atom is 0.226 e. The second-order valence-corrected chi connectivity index (χ2v) is 10.5. The van der Waals surface area contributed by atoms with Crippen molar-refractivity contribution in [2.75, 3.05) is 6.61 Å². The highest BCUT2D eigenvalue weighted by molar-refractivity contribution is 6.31. The molecule has 0 radical (unpaired) electrons. The third kappa shape index (κ3) is 3.74. The molecule has 1 aliphatic heterocycles. The molecule has 178 valence electrons. The Morgan fingerprint density at radius 3 is 2.56 bits per heavy atom. The molecule has 5 rings (SSSR count). The molecule has 7 heteroatoms. The molecule has 34 heavy (non-hydrogen) atoms. The summed E-state index contributed by atoms with van der Waals surface area (Å²) in [6.45, 7) is 2.00. The Hall–Kier alpha value is -2.34. The number of benzene rings is 2. The van der Waals surface area contributed by atoms with Crippen LogP contribution >= 0.6 is 23.2 Å². The van der Waals surface area contributed by atoms with E-state index in [2.05, 4.69) is 41.6 Å². The van der Waals surface area contributed by atoms with Gasteiger partial charge < -0.3 is 10.4 Å². The third-order valence-electron chi connectivity index (χ3n) is 8.05. The molecule has 2 N–H and O–H groups in total. The van der Waals surface area contributed by atoms with Crippen LogP contribution < -0.4 is 5.32 Å². The summed E-state index contributed by atoms with van der Waals surface area (Å²) in [5.74, 6) is 0.146. The Bertz CT molecular complexity index is 1210. The molecule has 1 aromatic heterocycles. The number of carbonyl (C=O) groups is 1. The van der Waals surface area contributed by atoms with Gasteiger partial charge in [-0.1, -0.05) is 54.4 Å². The molecule has 5 nitrogen and oxygen atoms in total. The number of rotatable bonds is 5. The van der Waals surface area contributed by atoms with Crippen molar-refractivity contribution >= 4 is 29.1 Å². The Labute approximate surface area is 210 Å². The highest BCUT2D eigenvalue weighted by Gasteiger charge is 2.60. The second kappa shape index (κ2) is 9.03. The van der Waals surface area contributed by atoms with Crippen molar-refractivity contribution in [2.24, 2.45) is 18.4 Å². The quantitative estimate of drug-likeness (QED) is 0.484. The van der Waals surface area contributed by atoms with E-state index in [9.17, 15) is 9.90 Å². The van der Waals surface area contributed by atoms with Gasteiger partial charge in [-0.05, 0) is 66.5 Å². The molecule has 1 aliphatic carbocycles. The van der Waals surface area contributed by atoms with Gasteiger partial charge in [0.1, 0.15) is 0 Å². The predicted molar refractivity (Wildman–Crippen MR) is 135 cm³/mol. The van der Waals surface area contributed by atoms with Gasteiger partial charge in [0, 0.05) is 34.8 Å². The van der Waals surface area contributed by atoms with Gasteiger partial charge in [-0.2, -0.15) is 5.10 Å². The van der Waals surface area contributed by atoms with Gasteiger partial charge in [-0.15, -0.1) is 0 Å². The SMILES string of the molecule is CC[C@@]12CC[C@@H](c3ccc(-c4ccn(C)n4)cc3Cl)[C@@H](c3ccc(Cl)cc3)[C@@H]1[C@@H](CO)NC2=O. The average molecular weight is 498 g/mol. The van der Waals surface area contributed by atoms with Gasteiger partial charge in [-0.25, -0.2) is 0 Å². The predicted octanol–water partition coefficient (Wildman–Crippen LogP) is 5.56. The number of nitrogens with zero attached hydrogens (tertiary/aromatic N) is 2. The maximum absolute atomic E-state index is 13.2. The van der Waals surface area contributed by atoms with Crippen LogP contribution in [0.25, 0.3) is 11.3 Å². The second-order valence-electron chi connectivity index (χ2n) is 9.63. The lowest BCUT2D eigenvalue weighted by atomic mass is 9.54. The van der Waals surface area contributed by atoms with E-state index in [0.29, 0.717) is 10.0 Å². The lowest BCUT2D eigenvalue weighted by Gasteiger charge is -2.48. The van der Waals surface area contributed by atoms with E-state index in [4.69, 9.17) is 23.2 Å². The van der Waals surface area contributed by atoms with Crippen molar-refractivity contribution in [3.63, 3.8) is 0 Å². The number of aliphatic hydroxyl groups excluding tert-OH is 1. The molecule has 3 aromatic rings. The van der Waals surface area contributed by atoms with Gasteiger partial charge in [0.25, 0.3) is 0 Å². The number of halogens is 2. The number of hydrogen-bond donors (Lipinski definition) is 2. The summed E-state index contributed by atoms with van der Waals surface area (Å²) in [5, 5.41) is 19.2. The standard InChI is InChI=1S/C27H29Cl2N3O2/c1-3-27-12-10-20(19-9-6-17(14-21(19)29)22-11-13-32(2)31-22)24(16-4-7-18(28)8-5-16)25(27)23(15-33)30-26(27)34/h4-9,11,13-14,20,23-25,33H,3,10,12,15H2,1-2H3,(H,30,34)/t20-,23+,24+,25-,27+/m0/s1. The molecule has 1 amide bonds. The fourth-order valence-electron chi connectivity index (χ4n) is 6.42. The molecule has 0 spiro atoms. The van der Waals surface area contributed by atoms with Crippen molar-refractivity contribution in [2.45, 2.75) is 44.1 Å². The van der Waals surface area contributed by atoms with E-state index in [1.165, 1.54) is 0 Å². The van der Waals surface area contributed by atoms with Crippen LogP contribution in [-0.4, -0.2) is 33.4 Å². The normalized spacial score (nSPS) is 28.6. The first-order valence-electron chi connectivity index (χ1n) is 11.8. The summed E-state index contributed by atoms with van der Waals surface area (Å²) in [6.07, 6.45) is 4.26. The first kappa shape index (κ1) is 23.4. The molecule has 2 aliphatic rings. The Morgan fingerprint density at radius 1 is 1.18 bits per heavy atom. The van der Waals surface area contributed by atoms with Crippen LogP contribution in [-0.2, 0) is 11.8 Å². The van der Waals surface area contributed by atoms with E-state index < -0.39 is 5.41 Å². The number of carbonyl (C=O) groups excluding carboxylic acids is 1. The molecule has 2 fully saturated rings. The molecule has 1 saturated heterocycles. The smallest absolute Gasteiger partial charge is 0.226 e. The molecule has 5 atom stereocenters. The average Bonchev–Trinajstić information content (AvgIpc) is 3.40. The summed E-state index contributed by atoms with van der Waals surface area (Å²) in [7, 11) is 1.90. The lowest BCUT2D eigenvalue weighted by Crippen LogP contribution is -2.45. The third-order valence-corrected chi connectivity index (χ3v) is 8.63. The van der Waals surface area contributed by atoms with Crippen molar-refractivity contribution in [1.82, 2.24) is 15.1 Å². The first-order chi connectivity index (χ1) is 16.4. The monoisotopic (exact) mass is 497 g/mol. The summed E-state index contributed by atoms with van der Waals surface area (Å²) in [5.41, 5.74) is 3.56. The number of aryl methyl sites for hydroxylation is 1. The highest BCUT2D eigenvalue weighted by Crippen LogP contribution is 2.60. The number of fused-ring (bicyclic) bond motifs is 1. The number of nitrogens with one attached hydrogen (secondary N) is 1. The number of hydrogen-bond acceptors (Lipinski definition) is 3. The zero-order chi connectivity index (χ0) is 24.0. The fourth-order valence-corrected chi connectivity index (χ4v) is 6.86.